The molecule has 0 radical (unpaired) electrons. The molecule has 7 heterocycles. The number of hydrogen-bond acceptors (Lipinski definition) is 9. The molecule has 9 aliphatic rings. The molecule has 6 aliphatic heterocycles. The molecule has 3 saturated carbocycles. The summed E-state index contributed by atoms with van der Waals surface area (Å²) in [4.78, 5) is 76.8. The highest BCUT2D eigenvalue weighted by Crippen LogP contribution is 2.58. The average Bonchev–Trinajstić information content (AvgIpc) is 3.96. The van der Waals surface area contributed by atoms with Gasteiger partial charge in [0.2, 0.25) is 23.6 Å². The number of aromatic nitrogens is 1. The van der Waals surface area contributed by atoms with Crippen molar-refractivity contribution in [3.05, 3.63) is 87.4 Å². The number of fused-ring (bicyclic) bond motifs is 6. The van der Waals surface area contributed by atoms with Gasteiger partial charge in [0.1, 0.15) is 17.6 Å². The summed E-state index contributed by atoms with van der Waals surface area (Å²) < 4.78 is 58.2. The van der Waals surface area contributed by atoms with Crippen LogP contribution >= 0.6 is 11.6 Å². The molecule has 1 unspecified atom stereocenters. The van der Waals surface area contributed by atoms with E-state index in [2.05, 4.69) is 51.9 Å². The molecule has 12 rings (SSSR count). The van der Waals surface area contributed by atoms with Gasteiger partial charge < -0.3 is 30.7 Å². The lowest BCUT2D eigenvalue weighted by Gasteiger charge is -2.59. The summed E-state index contributed by atoms with van der Waals surface area (Å²) in [5.41, 5.74) is 0.0298. The predicted molar refractivity (Wildman–Crippen MR) is 252 cm³/mol. The van der Waals surface area contributed by atoms with Crippen LogP contribution in [0.3, 0.4) is 0 Å². The number of halogens is 5. The maximum Gasteiger partial charge on any atom is 0.433 e. The van der Waals surface area contributed by atoms with Crippen LogP contribution in [0.5, 0.6) is 0 Å². The standard InChI is InChI=1S/C52H59ClF4N8O5/c1-47(2,3)23-38-51(26-59-35-22-37(52(55,56)57)58-24-33(35)51)40(32-5-4-6-34(53)41(32)54)42(60-38)44(68)62-50-14-11-49(12-15-50,13-16-50)46(70)64-27-48(28-64)17-19-63(20-18-48)30-7-8-31-29(21-30)25-65(45(31)69)36-9-10-39(66)61-43(36)67/h4-8,21-22,24,36,38,40,42,59-60H,9-20,23,25-28H2,1-3H3,(H,62,68)(H,61,66,67)/t36?,38-,40-,42+,49?,50?,51-/m0/s1. The van der Waals surface area contributed by atoms with Gasteiger partial charge in [0.15, 0.2) is 0 Å². The zero-order chi connectivity index (χ0) is 49.3. The normalized spacial score (nSPS) is 31.1. The zero-order valence-electron chi connectivity index (χ0n) is 39.7. The fraction of sp³-hybridized carbons (Fsp3) is 0.577. The summed E-state index contributed by atoms with van der Waals surface area (Å²) in [7, 11) is 0. The molecule has 372 valence electrons. The number of imide groups is 1. The third-order valence-electron chi connectivity index (χ3n) is 17.7. The van der Waals surface area contributed by atoms with Crippen LogP contribution in [0, 0.1) is 22.1 Å². The van der Waals surface area contributed by atoms with Crippen molar-refractivity contribution in [3.8, 4) is 0 Å². The molecule has 3 aromatic rings. The number of alkyl halides is 3. The molecule has 4 N–H and O–H groups in total. The van der Waals surface area contributed by atoms with E-state index in [1.807, 2.05) is 23.1 Å². The molecular weight excluding hydrogens is 928 g/mol. The van der Waals surface area contributed by atoms with Gasteiger partial charge in [-0.05, 0) is 111 Å². The van der Waals surface area contributed by atoms with Crippen LogP contribution in [-0.4, -0.2) is 101 Å². The van der Waals surface area contributed by atoms with Crippen LogP contribution in [0.15, 0.2) is 48.7 Å². The number of anilines is 2. The van der Waals surface area contributed by atoms with Crippen LogP contribution < -0.4 is 26.2 Å². The van der Waals surface area contributed by atoms with Gasteiger partial charge in [-0.25, -0.2) is 4.39 Å². The van der Waals surface area contributed by atoms with Crippen molar-refractivity contribution in [2.24, 2.45) is 16.2 Å². The molecule has 4 saturated heterocycles. The summed E-state index contributed by atoms with van der Waals surface area (Å²) in [6, 6.07) is 9.47. The van der Waals surface area contributed by atoms with Crippen molar-refractivity contribution in [1.82, 2.24) is 30.7 Å². The SMILES string of the molecule is CC(C)(C)C[C@@H]1N[C@@H](C(=O)NC23CCC(C(=O)N4CC5(CCN(c6ccc7c(c6)CN(C6CCC(=O)NC6=O)C7=O)CC5)C4)(CC2)CC3)[C@H](c2cccc(Cl)c2F)[C@]12CNc1cc(C(F)(F)F)ncc12. The van der Waals surface area contributed by atoms with Crippen LogP contribution in [0.25, 0.3) is 0 Å². The Morgan fingerprint density at radius 2 is 1.66 bits per heavy atom. The largest absolute Gasteiger partial charge is 0.433 e. The molecule has 2 aromatic carbocycles. The second-order valence-corrected chi connectivity index (χ2v) is 23.4. The van der Waals surface area contributed by atoms with Gasteiger partial charge >= 0.3 is 6.18 Å². The highest BCUT2D eigenvalue weighted by atomic mass is 35.5. The van der Waals surface area contributed by atoms with Crippen LogP contribution in [0.1, 0.15) is 130 Å². The molecule has 2 spiro atoms. The van der Waals surface area contributed by atoms with Crippen molar-refractivity contribution in [2.45, 2.75) is 139 Å². The minimum absolute atomic E-state index is 0.0423. The minimum Gasteiger partial charge on any atom is -0.384 e. The zero-order valence-corrected chi connectivity index (χ0v) is 40.4. The topological polar surface area (TPSA) is 156 Å². The van der Waals surface area contributed by atoms with E-state index in [-0.39, 0.29) is 63.7 Å². The van der Waals surface area contributed by atoms with Gasteiger partial charge in [-0.15, -0.1) is 0 Å². The monoisotopic (exact) mass is 986 g/mol. The second-order valence-electron chi connectivity index (χ2n) is 23.0. The number of nitrogens with one attached hydrogen (secondary N) is 4. The van der Waals surface area contributed by atoms with Crippen LogP contribution in [0.4, 0.5) is 28.9 Å². The molecule has 5 atom stereocenters. The number of nitrogens with zero attached hydrogens (tertiary/aromatic N) is 4. The molecule has 3 aliphatic carbocycles. The Hall–Kier alpha value is -5.29. The minimum atomic E-state index is -4.67. The maximum absolute atomic E-state index is 16.4. The fourth-order valence-corrected chi connectivity index (χ4v) is 14.1. The van der Waals surface area contributed by atoms with E-state index in [1.165, 1.54) is 12.3 Å². The number of piperidine rings is 2. The third-order valence-corrected chi connectivity index (χ3v) is 18.0. The molecule has 7 fully saturated rings. The highest BCUT2D eigenvalue weighted by molar-refractivity contribution is 6.30. The van der Waals surface area contributed by atoms with Gasteiger partial charge in [-0.1, -0.05) is 44.5 Å². The number of carbonyl (C=O) groups is 5. The van der Waals surface area contributed by atoms with E-state index >= 15 is 9.18 Å². The molecule has 2 bridgehead atoms. The van der Waals surface area contributed by atoms with E-state index in [0.29, 0.717) is 82.1 Å². The molecular formula is C52H59ClF4N8O5. The number of likely N-dealkylation sites (tertiary alicyclic amines) is 1. The lowest BCUT2D eigenvalue weighted by atomic mass is 9.56. The van der Waals surface area contributed by atoms with Crippen molar-refractivity contribution in [3.63, 3.8) is 0 Å². The van der Waals surface area contributed by atoms with Gasteiger partial charge in [-0.3, -0.25) is 34.3 Å². The van der Waals surface area contributed by atoms with Gasteiger partial charge in [0.25, 0.3) is 5.91 Å². The van der Waals surface area contributed by atoms with E-state index in [9.17, 15) is 32.3 Å². The maximum atomic E-state index is 16.4. The Bertz CT molecular complexity index is 2690. The van der Waals surface area contributed by atoms with E-state index < -0.39 is 64.0 Å². The molecule has 70 heavy (non-hydrogen) atoms. The van der Waals surface area contributed by atoms with Crippen molar-refractivity contribution in [2.75, 3.05) is 42.9 Å². The lowest BCUT2D eigenvalue weighted by Crippen LogP contribution is -2.67. The number of pyridine rings is 1. The first-order chi connectivity index (χ1) is 33.1. The number of rotatable bonds is 7. The first-order valence-corrected chi connectivity index (χ1v) is 25.2. The molecule has 13 nitrogen and oxygen atoms in total. The Labute approximate surface area is 409 Å². The van der Waals surface area contributed by atoms with E-state index in [1.54, 1.807) is 17.0 Å². The quantitative estimate of drug-likeness (QED) is 0.142. The fourth-order valence-electron chi connectivity index (χ4n) is 13.9. The summed E-state index contributed by atoms with van der Waals surface area (Å²) in [5.74, 6) is -2.59. The van der Waals surface area contributed by atoms with Gasteiger partial charge in [-0.2, -0.15) is 13.2 Å². The Morgan fingerprint density at radius 1 is 0.943 bits per heavy atom. The predicted octanol–water partition coefficient (Wildman–Crippen LogP) is 7.22. The second kappa shape index (κ2) is 16.4. The Kier molecular flexibility index (Phi) is 11.0. The van der Waals surface area contributed by atoms with Crippen molar-refractivity contribution >= 4 is 52.5 Å². The number of carbonyl (C=O) groups excluding carboxylic acids is 5. The average molecular weight is 988 g/mol. The summed E-state index contributed by atoms with van der Waals surface area (Å²) in [5, 5.41) is 12.5. The Morgan fingerprint density at radius 3 is 2.33 bits per heavy atom. The van der Waals surface area contributed by atoms with Gasteiger partial charge in [0.05, 0.1) is 11.1 Å². The number of benzene rings is 2. The van der Waals surface area contributed by atoms with Crippen LogP contribution in [-0.2, 0) is 37.3 Å². The van der Waals surface area contributed by atoms with Crippen LogP contribution in [0.2, 0.25) is 5.02 Å². The Balaban J connectivity index is 0.748. The lowest BCUT2D eigenvalue weighted by molar-refractivity contribution is -0.164. The number of hydrogen-bond donors (Lipinski definition) is 4. The first kappa shape index (κ1) is 47.1. The summed E-state index contributed by atoms with van der Waals surface area (Å²) in [6.45, 7) is 9.70. The summed E-state index contributed by atoms with van der Waals surface area (Å²) >= 11 is 6.42. The third kappa shape index (κ3) is 7.65. The molecule has 1 aromatic heterocycles. The highest BCUT2D eigenvalue weighted by Gasteiger charge is 2.64. The molecule has 5 amide bonds. The van der Waals surface area contributed by atoms with Crippen molar-refractivity contribution < 1.29 is 41.5 Å². The smallest absolute Gasteiger partial charge is 0.384 e. The van der Waals surface area contributed by atoms with Gasteiger partial charge in [0, 0.05) is 108 Å². The molecule has 18 heteroatoms. The van der Waals surface area contributed by atoms with E-state index in [4.69, 9.17) is 11.6 Å². The first-order valence-electron chi connectivity index (χ1n) is 24.8. The van der Waals surface area contributed by atoms with Crippen molar-refractivity contribution in [1.29, 1.82) is 0 Å². The number of amides is 5. The summed E-state index contributed by atoms with van der Waals surface area (Å²) in [6.07, 6.45) is 3.23. The van der Waals surface area contributed by atoms with E-state index in [0.717, 1.165) is 43.2 Å².